The van der Waals surface area contributed by atoms with E-state index < -0.39 is 0 Å². The maximum atomic E-state index is 14.1. The summed E-state index contributed by atoms with van der Waals surface area (Å²) in [6.45, 7) is 2.47. The van der Waals surface area contributed by atoms with Crippen molar-refractivity contribution in [3.05, 3.63) is 34.6 Å². The molecule has 0 bridgehead atoms. The molecule has 1 aliphatic carbocycles. The summed E-state index contributed by atoms with van der Waals surface area (Å²) in [6.07, 6.45) is 5.89. The first-order chi connectivity index (χ1) is 10.2. The number of rotatable bonds is 8. The topological polar surface area (TPSA) is 21.3 Å². The van der Waals surface area contributed by atoms with Crippen LogP contribution < -0.4 is 5.32 Å². The molecule has 1 saturated carbocycles. The van der Waals surface area contributed by atoms with Gasteiger partial charge in [-0.05, 0) is 36.4 Å². The first-order valence-electron chi connectivity index (χ1n) is 7.85. The summed E-state index contributed by atoms with van der Waals surface area (Å²) in [6, 6.07) is 5.31. The van der Waals surface area contributed by atoms with Gasteiger partial charge in [-0.25, -0.2) is 4.39 Å². The van der Waals surface area contributed by atoms with Crippen LogP contribution in [-0.4, -0.2) is 26.8 Å². The Hall–Kier alpha value is -0.640. The quantitative estimate of drug-likeness (QED) is 0.731. The van der Waals surface area contributed by atoms with Gasteiger partial charge >= 0.3 is 0 Å². The van der Waals surface area contributed by atoms with Gasteiger partial charge in [-0.1, -0.05) is 49.4 Å². The van der Waals surface area contributed by atoms with Gasteiger partial charge in [-0.3, -0.25) is 0 Å². The lowest BCUT2D eigenvalue weighted by molar-refractivity contribution is 0.195. The Kier molecular flexibility index (Phi) is 6.94. The third-order valence-corrected chi connectivity index (χ3v) is 4.76. The van der Waals surface area contributed by atoms with Crippen molar-refractivity contribution < 1.29 is 9.13 Å². The fourth-order valence-electron chi connectivity index (χ4n) is 3.28. The summed E-state index contributed by atoms with van der Waals surface area (Å²) >= 11 is 5.90. The lowest BCUT2D eigenvalue weighted by Gasteiger charge is -2.24. The molecule has 4 heteroatoms. The Morgan fingerprint density at radius 2 is 2.14 bits per heavy atom. The Balaban J connectivity index is 1.98. The van der Waals surface area contributed by atoms with E-state index in [-0.39, 0.29) is 10.8 Å². The summed E-state index contributed by atoms with van der Waals surface area (Å²) in [4.78, 5) is 0. The fraction of sp³-hybridized carbons (Fsp3) is 0.647. The zero-order valence-corrected chi connectivity index (χ0v) is 13.5. The molecular weight excluding hydrogens is 289 g/mol. The minimum Gasteiger partial charge on any atom is -0.383 e. The summed E-state index contributed by atoms with van der Waals surface area (Å²) in [7, 11) is 1.71. The molecule has 118 valence electrons. The summed E-state index contributed by atoms with van der Waals surface area (Å²) < 4.78 is 19.2. The average molecular weight is 314 g/mol. The van der Waals surface area contributed by atoms with E-state index in [2.05, 4.69) is 5.32 Å². The van der Waals surface area contributed by atoms with Crippen LogP contribution >= 0.6 is 11.6 Å². The maximum Gasteiger partial charge on any atom is 0.144 e. The molecule has 21 heavy (non-hydrogen) atoms. The van der Waals surface area contributed by atoms with Gasteiger partial charge in [-0.15, -0.1) is 0 Å². The maximum absolute atomic E-state index is 14.1. The SMILES string of the molecule is COCCNCC(Cc1cccc(Cl)c1F)C1CCCC1. The highest BCUT2D eigenvalue weighted by molar-refractivity contribution is 6.30. The predicted octanol–water partition coefficient (Wildman–Crippen LogP) is 4.06. The van der Waals surface area contributed by atoms with Crippen molar-refractivity contribution in [2.45, 2.75) is 32.1 Å². The number of hydrogen-bond acceptors (Lipinski definition) is 2. The molecule has 1 aliphatic rings. The van der Waals surface area contributed by atoms with Gasteiger partial charge in [0.2, 0.25) is 0 Å². The molecule has 2 rings (SSSR count). The van der Waals surface area contributed by atoms with Gasteiger partial charge in [0.15, 0.2) is 0 Å². The Bertz CT molecular complexity index is 435. The van der Waals surface area contributed by atoms with E-state index in [1.165, 1.54) is 25.7 Å². The zero-order chi connectivity index (χ0) is 15.1. The smallest absolute Gasteiger partial charge is 0.144 e. The third kappa shape index (κ3) is 4.94. The van der Waals surface area contributed by atoms with Crippen molar-refractivity contribution in [2.75, 3.05) is 26.8 Å². The van der Waals surface area contributed by atoms with Crippen LogP contribution in [-0.2, 0) is 11.2 Å². The Labute approximate surface area is 132 Å². The van der Waals surface area contributed by atoms with Gasteiger partial charge in [0, 0.05) is 13.7 Å². The standard InChI is InChI=1S/C17H25ClFNO/c1-21-10-9-20-12-15(13-5-2-3-6-13)11-14-7-4-8-16(18)17(14)19/h4,7-8,13,15,20H,2-3,5-6,9-12H2,1H3. The normalized spacial score (nSPS) is 17.3. The zero-order valence-electron chi connectivity index (χ0n) is 12.7. The molecule has 0 aliphatic heterocycles. The molecule has 1 fully saturated rings. The lowest BCUT2D eigenvalue weighted by Crippen LogP contribution is -2.31. The summed E-state index contributed by atoms with van der Waals surface area (Å²) in [5.74, 6) is 0.912. The van der Waals surface area contributed by atoms with E-state index in [0.717, 1.165) is 25.1 Å². The van der Waals surface area contributed by atoms with E-state index in [4.69, 9.17) is 16.3 Å². The molecular formula is C17H25ClFNO. The minimum atomic E-state index is -0.251. The molecule has 1 unspecified atom stereocenters. The monoisotopic (exact) mass is 313 g/mol. The van der Waals surface area contributed by atoms with Crippen LogP contribution in [0.2, 0.25) is 5.02 Å². The molecule has 2 nitrogen and oxygen atoms in total. The van der Waals surface area contributed by atoms with Crippen LogP contribution in [0.25, 0.3) is 0 Å². The average Bonchev–Trinajstić information content (AvgIpc) is 3.01. The van der Waals surface area contributed by atoms with E-state index in [9.17, 15) is 4.39 Å². The Morgan fingerprint density at radius 1 is 1.38 bits per heavy atom. The van der Waals surface area contributed by atoms with Gasteiger partial charge in [-0.2, -0.15) is 0 Å². The highest BCUT2D eigenvalue weighted by atomic mass is 35.5. The Morgan fingerprint density at radius 3 is 2.86 bits per heavy atom. The molecule has 1 aromatic rings. The molecule has 0 heterocycles. The number of methoxy groups -OCH3 is 1. The molecule has 1 N–H and O–H groups in total. The van der Waals surface area contributed by atoms with E-state index in [1.54, 1.807) is 13.2 Å². The van der Waals surface area contributed by atoms with Crippen LogP contribution in [0.1, 0.15) is 31.2 Å². The first kappa shape index (κ1) is 16.7. The molecule has 1 aromatic carbocycles. The molecule has 0 spiro atoms. The van der Waals surface area contributed by atoms with Gasteiger partial charge in [0.25, 0.3) is 0 Å². The lowest BCUT2D eigenvalue weighted by atomic mass is 9.85. The number of nitrogens with one attached hydrogen (secondary N) is 1. The molecule has 0 saturated heterocycles. The predicted molar refractivity (Wildman–Crippen MR) is 85.3 cm³/mol. The second kappa shape index (κ2) is 8.72. The minimum absolute atomic E-state index is 0.227. The second-order valence-corrected chi connectivity index (χ2v) is 6.33. The van der Waals surface area contributed by atoms with Crippen molar-refractivity contribution in [2.24, 2.45) is 11.8 Å². The van der Waals surface area contributed by atoms with Crippen molar-refractivity contribution in [3.8, 4) is 0 Å². The van der Waals surface area contributed by atoms with Gasteiger partial charge in [0.05, 0.1) is 11.6 Å². The first-order valence-corrected chi connectivity index (χ1v) is 8.22. The number of halogens is 2. The number of ether oxygens (including phenoxy) is 1. The van der Waals surface area contributed by atoms with E-state index >= 15 is 0 Å². The fourth-order valence-corrected chi connectivity index (χ4v) is 3.48. The van der Waals surface area contributed by atoms with Gasteiger partial charge < -0.3 is 10.1 Å². The van der Waals surface area contributed by atoms with Crippen molar-refractivity contribution in [3.63, 3.8) is 0 Å². The number of benzene rings is 1. The van der Waals surface area contributed by atoms with Crippen LogP contribution in [0, 0.1) is 17.7 Å². The highest BCUT2D eigenvalue weighted by Crippen LogP contribution is 2.34. The van der Waals surface area contributed by atoms with E-state index in [1.807, 2.05) is 12.1 Å². The molecule has 1 atom stereocenters. The molecule has 0 aromatic heterocycles. The second-order valence-electron chi connectivity index (χ2n) is 5.92. The van der Waals surface area contributed by atoms with E-state index in [0.29, 0.717) is 18.4 Å². The van der Waals surface area contributed by atoms with Gasteiger partial charge in [0.1, 0.15) is 5.82 Å². The third-order valence-electron chi connectivity index (χ3n) is 4.47. The highest BCUT2D eigenvalue weighted by Gasteiger charge is 2.26. The van der Waals surface area contributed by atoms with Crippen LogP contribution in [0.15, 0.2) is 18.2 Å². The van der Waals surface area contributed by atoms with Crippen molar-refractivity contribution in [1.82, 2.24) is 5.32 Å². The van der Waals surface area contributed by atoms with Crippen LogP contribution in [0.5, 0.6) is 0 Å². The molecule has 0 radical (unpaired) electrons. The largest absolute Gasteiger partial charge is 0.383 e. The summed E-state index contributed by atoms with van der Waals surface area (Å²) in [5, 5.41) is 3.66. The number of hydrogen-bond donors (Lipinski definition) is 1. The van der Waals surface area contributed by atoms with Crippen molar-refractivity contribution >= 4 is 11.6 Å². The van der Waals surface area contributed by atoms with Crippen LogP contribution in [0.3, 0.4) is 0 Å². The summed E-state index contributed by atoms with van der Waals surface area (Å²) in [5.41, 5.74) is 0.743. The van der Waals surface area contributed by atoms with Crippen LogP contribution in [0.4, 0.5) is 4.39 Å². The van der Waals surface area contributed by atoms with Crippen molar-refractivity contribution in [1.29, 1.82) is 0 Å². The molecule has 0 amide bonds.